The molecule has 0 atom stereocenters. The van der Waals surface area contributed by atoms with Gasteiger partial charge in [0.05, 0.1) is 0 Å². The molecule has 0 saturated carbocycles. The summed E-state index contributed by atoms with van der Waals surface area (Å²) in [5.74, 6) is 1.20. The van der Waals surface area contributed by atoms with Crippen molar-refractivity contribution in [1.29, 1.82) is 0 Å². The number of hydrogen-bond acceptors (Lipinski definition) is 2. The Morgan fingerprint density at radius 1 is 1.55 bits per heavy atom. The fourth-order valence-corrected chi connectivity index (χ4v) is 2.03. The van der Waals surface area contributed by atoms with Gasteiger partial charge in [0.15, 0.2) is 5.16 Å². The number of fused-ring (bicyclic) bond motifs is 1. The molecular weight excluding hydrogens is 156 g/mol. The first-order valence-electron chi connectivity index (χ1n) is 4.03. The Labute approximate surface area is 72.0 Å². The van der Waals surface area contributed by atoms with Gasteiger partial charge in [0.25, 0.3) is 0 Å². The summed E-state index contributed by atoms with van der Waals surface area (Å²) in [6, 6.07) is 0. The lowest BCUT2D eigenvalue weighted by molar-refractivity contribution is 0.698. The first-order valence-corrected chi connectivity index (χ1v) is 5.01. The Bertz CT molecular complexity index is 230. The van der Waals surface area contributed by atoms with Gasteiger partial charge in [-0.25, -0.2) is 4.98 Å². The number of aryl methyl sites for hydroxylation is 1. The van der Waals surface area contributed by atoms with Crippen LogP contribution in [0.1, 0.15) is 19.5 Å². The van der Waals surface area contributed by atoms with E-state index in [4.69, 9.17) is 0 Å². The lowest BCUT2D eigenvalue weighted by Gasteiger charge is -1.94. The van der Waals surface area contributed by atoms with Crippen molar-refractivity contribution in [2.75, 3.05) is 5.75 Å². The molecule has 0 aromatic carbocycles. The lowest BCUT2D eigenvalue weighted by Crippen LogP contribution is -1.94. The highest BCUT2D eigenvalue weighted by molar-refractivity contribution is 7.99. The van der Waals surface area contributed by atoms with E-state index in [9.17, 15) is 0 Å². The summed E-state index contributed by atoms with van der Waals surface area (Å²) in [5, 5.41) is 1.19. The molecule has 2 rings (SSSR count). The number of rotatable bonds is 0. The molecule has 62 valence electrons. The minimum Gasteiger partial charge on any atom is -0.323 e. The van der Waals surface area contributed by atoms with Crippen LogP contribution in [0.3, 0.4) is 0 Å². The van der Waals surface area contributed by atoms with Gasteiger partial charge in [-0.15, -0.1) is 0 Å². The molecule has 0 bridgehead atoms. The highest BCUT2D eigenvalue weighted by Gasteiger charge is 2.12. The fraction of sp³-hybridized carbons (Fsp3) is 0.625. The maximum absolute atomic E-state index is 4.22. The molecule has 0 fully saturated rings. The second kappa shape index (κ2) is 3.81. The van der Waals surface area contributed by atoms with Crippen molar-refractivity contribution in [1.82, 2.24) is 9.55 Å². The predicted octanol–water partition coefficient (Wildman–Crippen LogP) is 2.32. The monoisotopic (exact) mass is 170 g/mol. The van der Waals surface area contributed by atoms with E-state index in [2.05, 4.69) is 16.5 Å². The van der Waals surface area contributed by atoms with Crippen LogP contribution in [-0.2, 0) is 6.54 Å². The van der Waals surface area contributed by atoms with Crippen LogP contribution in [-0.4, -0.2) is 15.3 Å². The van der Waals surface area contributed by atoms with Crippen molar-refractivity contribution in [3.05, 3.63) is 11.9 Å². The van der Waals surface area contributed by atoms with Gasteiger partial charge >= 0.3 is 0 Å². The molecule has 2 heterocycles. The summed E-state index contributed by atoms with van der Waals surface area (Å²) in [4.78, 5) is 4.22. The first-order chi connectivity index (χ1) is 5.38. The van der Waals surface area contributed by atoms with E-state index in [0.717, 1.165) is 6.54 Å². The van der Waals surface area contributed by atoms with E-state index in [1.807, 2.05) is 31.8 Å². The van der Waals surface area contributed by atoms with E-state index in [-0.39, 0.29) is 0 Å². The highest BCUT2D eigenvalue weighted by atomic mass is 32.2. The van der Waals surface area contributed by atoms with Crippen molar-refractivity contribution in [2.24, 2.45) is 0 Å². The molecule has 0 aliphatic carbocycles. The molecule has 1 aromatic heterocycles. The van der Waals surface area contributed by atoms with Crippen molar-refractivity contribution >= 4 is 11.8 Å². The normalized spacial score (nSPS) is 13.7. The highest BCUT2D eigenvalue weighted by Crippen LogP contribution is 2.24. The van der Waals surface area contributed by atoms with Crippen LogP contribution < -0.4 is 0 Å². The summed E-state index contributed by atoms with van der Waals surface area (Å²) in [5.41, 5.74) is 1.29. The molecule has 0 amide bonds. The summed E-state index contributed by atoms with van der Waals surface area (Å²) in [6.07, 6.45) is 1.93. The van der Waals surface area contributed by atoms with Crippen molar-refractivity contribution in [3.63, 3.8) is 0 Å². The van der Waals surface area contributed by atoms with Gasteiger partial charge in [0, 0.05) is 24.2 Å². The first kappa shape index (κ1) is 8.65. The Hall–Kier alpha value is -0.440. The Balaban J connectivity index is 0.000000281. The van der Waals surface area contributed by atoms with Crippen LogP contribution in [0.5, 0.6) is 0 Å². The molecule has 1 aliphatic heterocycles. The summed E-state index contributed by atoms with van der Waals surface area (Å²) in [6.45, 7) is 7.24. The molecule has 1 aromatic rings. The Morgan fingerprint density at radius 3 is 2.91 bits per heavy atom. The Morgan fingerprint density at radius 2 is 2.27 bits per heavy atom. The van der Waals surface area contributed by atoms with Crippen molar-refractivity contribution in [3.8, 4) is 0 Å². The summed E-state index contributed by atoms with van der Waals surface area (Å²) < 4.78 is 2.25. The van der Waals surface area contributed by atoms with Crippen molar-refractivity contribution < 1.29 is 0 Å². The lowest BCUT2D eigenvalue weighted by atomic mass is 10.5. The van der Waals surface area contributed by atoms with Crippen LogP contribution in [0.2, 0.25) is 0 Å². The fourth-order valence-electron chi connectivity index (χ4n) is 1.05. The minimum absolute atomic E-state index is 1.14. The number of hydrogen-bond donors (Lipinski definition) is 0. The Kier molecular flexibility index (Phi) is 3.00. The second-order valence-corrected chi connectivity index (χ2v) is 3.24. The molecule has 11 heavy (non-hydrogen) atoms. The molecule has 0 saturated heterocycles. The topological polar surface area (TPSA) is 17.8 Å². The van der Waals surface area contributed by atoms with Gasteiger partial charge in [0.1, 0.15) is 0 Å². The third-order valence-corrected chi connectivity index (χ3v) is 2.54. The zero-order chi connectivity index (χ0) is 8.27. The van der Waals surface area contributed by atoms with Gasteiger partial charge in [-0.05, 0) is 6.92 Å². The smallest absolute Gasteiger partial charge is 0.168 e. The van der Waals surface area contributed by atoms with E-state index in [1.54, 1.807) is 0 Å². The molecule has 0 unspecified atom stereocenters. The third kappa shape index (κ3) is 1.59. The molecule has 0 radical (unpaired) electrons. The number of aromatic nitrogens is 2. The SMILES string of the molecule is CC.Cc1cnc2n1CCS2. The standard InChI is InChI=1S/C6H8N2S.C2H6/c1-5-4-7-6-8(5)2-3-9-6;1-2/h4H,2-3H2,1H3;1-2H3. The molecule has 1 aliphatic rings. The van der Waals surface area contributed by atoms with Gasteiger partial charge in [-0.2, -0.15) is 0 Å². The minimum atomic E-state index is 1.14. The largest absolute Gasteiger partial charge is 0.323 e. The van der Waals surface area contributed by atoms with Crippen LogP contribution >= 0.6 is 11.8 Å². The number of nitrogens with zero attached hydrogens (tertiary/aromatic N) is 2. The average molecular weight is 170 g/mol. The number of thioether (sulfide) groups is 1. The maximum Gasteiger partial charge on any atom is 0.168 e. The van der Waals surface area contributed by atoms with Gasteiger partial charge in [-0.3, -0.25) is 0 Å². The molecule has 3 heteroatoms. The van der Waals surface area contributed by atoms with Crippen LogP contribution in [0.25, 0.3) is 0 Å². The molecule has 2 nitrogen and oxygen atoms in total. The maximum atomic E-state index is 4.22. The molecule has 0 N–H and O–H groups in total. The van der Waals surface area contributed by atoms with Crippen LogP contribution in [0.4, 0.5) is 0 Å². The van der Waals surface area contributed by atoms with E-state index < -0.39 is 0 Å². The number of imidazole rings is 1. The summed E-state index contributed by atoms with van der Waals surface area (Å²) >= 11 is 1.84. The third-order valence-electron chi connectivity index (χ3n) is 1.56. The van der Waals surface area contributed by atoms with Gasteiger partial charge < -0.3 is 4.57 Å². The van der Waals surface area contributed by atoms with Crippen molar-refractivity contribution in [2.45, 2.75) is 32.5 Å². The van der Waals surface area contributed by atoms with E-state index >= 15 is 0 Å². The zero-order valence-electron chi connectivity index (χ0n) is 7.29. The van der Waals surface area contributed by atoms with Crippen LogP contribution in [0.15, 0.2) is 11.4 Å². The average Bonchev–Trinajstić information content (AvgIpc) is 2.60. The van der Waals surface area contributed by atoms with Crippen LogP contribution in [0, 0.1) is 6.92 Å². The second-order valence-electron chi connectivity index (χ2n) is 2.18. The van der Waals surface area contributed by atoms with Gasteiger partial charge in [0.2, 0.25) is 0 Å². The predicted molar refractivity (Wildman–Crippen MR) is 49.0 cm³/mol. The van der Waals surface area contributed by atoms with E-state index in [0.29, 0.717) is 0 Å². The quantitative estimate of drug-likeness (QED) is 0.594. The molecular formula is C8H14N2S. The zero-order valence-corrected chi connectivity index (χ0v) is 8.11. The van der Waals surface area contributed by atoms with Gasteiger partial charge in [-0.1, -0.05) is 25.6 Å². The molecule has 0 spiro atoms. The summed E-state index contributed by atoms with van der Waals surface area (Å²) in [7, 11) is 0. The van der Waals surface area contributed by atoms with E-state index in [1.165, 1.54) is 16.6 Å².